The summed E-state index contributed by atoms with van der Waals surface area (Å²) >= 11 is 0.533. The van der Waals surface area contributed by atoms with Gasteiger partial charge in [-0.3, -0.25) is 9.59 Å². The maximum Gasteiger partial charge on any atom is 0.472 e. The summed E-state index contributed by atoms with van der Waals surface area (Å²) in [6, 6.07) is 0. The first-order valence-electron chi connectivity index (χ1n) is 9.30. The van der Waals surface area contributed by atoms with E-state index in [1.165, 1.54) is 0 Å². The summed E-state index contributed by atoms with van der Waals surface area (Å²) in [7, 11) is 0. The first kappa shape index (κ1) is 20.6. The van der Waals surface area contributed by atoms with Crippen LogP contribution >= 0.6 is 11.3 Å². The number of hydrogen-bond acceptors (Lipinski definition) is 4. The Kier molecular flexibility index (Phi) is 4.57. The van der Waals surface area contributed by atoms with E-state index in [9.17, 15) is 35.9 Å². The molecular formula is C18H18F6N2O2S. The van der Waals surface area contributed by atoms with E-state index >= 15 is 0 Å². The van der Waals surface area contributed by atoms with Crippen LogP contribution in [0.15, 0.2) is 0 Å². The molecule has 1 heterocycles. The second-order valence-corrected chi connectivity index (χ2v) is 9.72. The molecule has 4 fully saturated rings. The molecule has 4 aliphatic carbocycles. The van der Waals surface area contributed by atoms with Crippen LogP contribution in [0.2, 0.25) is 0 Å². The molecule has 160 valence electrons. The van der Waals surface area contributed by atoms with Crippen molar-refractivity contribution in [3.63, 3.8) is 0 Å². The molecule has 0 aromatic carbocycles. The van der Waals surface area contributed by atoms with Gasteiger partial charge in [0.05, 0.1) is 5.69 Å². The fourth-order valence-electron chi connectivity index (χ4n) is 5.89. The van der Waals surface area contributed by atoms with Gasteiger partial charge in [0, 0.05) is 10.3 Å². The Morgan fingerprint density at radius 2 is 1.34 bits per heavy atom. The van der Waals surface area contributed by atoms with Crippen LogP contribution in [0.5, 0.6) is 0 Å². The third-order valence-corrected chi connectivity index (χ3v) is 7.36. The van der Waals surface area contributed by atoms with Crippen LogP contribution in [-0.2, 0) is 15.0 Å². The van der Waals surface area contributed by atoms with E-state index in [0.717, 1.165) is 38.5 Å². The minimum absolute atomic E-state index is 0.387. The summed E-state index contributed by atoms with van der Waals surface area (Å²) in [5.41, 5.74) is 0.0634. The topological polar surface area (TPSA) is 50.3 Å². The quantitative estimate of drug-likeness (QED) is 0.615. The molecule has 4 saturated carbocycles. The minimum atomic E-state index is -5.64. The molecule has 4 nitrogen and oxygen atoms in total. The highest BCUT2D eigenvalue weighted by Crippen LogP contribution is 2.61. The Labute approximate surface area is 166 Å². The lowest BCUT2D eigenvalue weighted by Crippen LogP contribution is -2.51. The lowest BCUT2D eigenvalue weighted by Gasteiger charge is -2.56. The standard InChI is InChI=1S/C18H18F6N2O2S/c1-8-12(16-5-9-2-10(6-16)4-11(3-9)7-16)25-15(29-8)26(13(27)17(19,20)21)14(28)18(22,23)24/h9-11H,2-7H2,1H3. The zero-order valence-corrected chi connectivity index (χ0v) is 16.2. The number of nitrogens with zero attached hydrogens (tertiary/aromatic N) is 2. The number of amides is 2. The van der Waals surface area contributed by atoms with Crippen molar-refractivity contribution in [1.29, 1.82) is 0 Å². The maximum absolute atomic E-state index is 12.9. The number of carbonyl (C=O) groups is 2. The number of carbonyl (C=O) groups excluding carboxylic acids is 2. The third-order valence-electron chi connectivity index (χ3n) is 6.41. The van der Waals surface area contributed by atoms with Crippen LogP contribution in [0, 0.1) is 24.7 Å². The van der Waals surface area contributed by atoms with Gasteiger partial charge in [0.1, 0.15) is 0 Å². The molecule has 1 aromatic rings. The van der Waals surface area contributed by atoms with Gasteiger partial charge in [0.15, 0.2) is 5.13 Å². The van der Waals surface area contributed by atoms with Crippen LogP contribution in [0.1, 0.15) is 49.1 Å². The molecule has 0 aliphatic heterocycles. The normalized spacial score (nSPS) is 31.2. The second kappa shape index (κ2) is 6.42. The number of aromatic nitrogens is 1. The lowest BCUT2D eigenvalue weighted by molar-refractivity contribution is -0.181. The van der Waals surface area contributed by atoms with Crippen molar-refractivity contribution in [3.05, 3.63) is 10.6 Å². The Morgan fingerprint density at radius 1 is 0.931 bits per heavy atom. The summed E-state index contributed by atoms with van der Waals surface area (Å²) in [5.74, 6) is -4.32. The van der Waals surface area contributed by atoms with E-state index in [2.05, 4.69) is 4.98 Å². The zero-order chi connectivity index (χ0) is 21.4. The van der Waals surface area contributed by atoms with Gasteiger partial charge >= 0.3 is 24.2 Å². The largest absolute Gasteiger partial charge is 0.472 e. The smallest absolute Gasteiger partial charge is 0.263 e. The molecule has 5 rings (SSSR count). The van der Waals surface area contributed by atoms with Crippen LogP contribution in [0.3, 0.4) is 0 Å². The molecule has 4 aliphatic rings. The predicted octanol–water partition coefficient (Wildman–Crippen LogP) is 4.90. The molecule has 1 aromatic heterocycles. The second-order valence-electron chi connectivity index (χ2n) is 8.54. The van der Waals surface area contributed by atoms with Gasteiger partial charge in [0.25, 0.3) is 0 Å². The molecule has 29 heavy (non-hydrogen) atoms. The van der Waals surface area contributed by atoms with Crippen LogP contribution in [0.4, 0.5) is 31.5 Å². The van der Waals surface area contributed by atoms with Crippen LogP contribution < -0.4 is 4.90 Å². The van der Waals surface area contributed by atoms with Gasteiger partial charge in [-0.25, -0.2) is 9.88 Å². The van der Waals surface area contributed by atoms with Gasteiger partial charge < -0.3 is 0 Å². The molecule has 2 amide bonds. The highest BCUT2D eigenvalue weighted by atomic mass is 32.1. The molecule has 0 N–H and O–H groups in total. The summed E-state index contributed by atoms with van der Waals surface area (Å²) in [6.45, 7) is 1.57. The average molecular weight is 440 g/mol. The van der Waals surface area contributed by atoms with Crippen molar-refractivity contribution in [1.82, 2.24) is 4.98 Å². The first-order chi connectivity index (χ1) is 13.3. The third kappa shape index (κ3) is 3.44. The fourth-order valence-corrected chi connectivity index (χ4v) is 6.92. The maximum atomic E-state index is 12.9. The van der Waals surface area contributed by atoms with Gasteiger partial charge in [-0.15, -0.1) is 11.3 Å². The number of aryl methyl sites for hydroxylation is 1. The van der Waals surface area contributed by atoms with Gasteiger partial charge in [0.2, 0.25) is 0 Å². The zero-order valence-electron chi connectivity index (χ0n) is 15.4. The number of imide groups is 1. The van der Waals surface area contributed by atoms with E-state index in [4.69, 9.17) is 0 Å². The highest BCUT2D eigenvalue weighted by molar-refractivity contribution is 7.16. The predicted molar refractivity (Wildman–Crippen MR) is 91.3 cm³/mol. The van der Waals surface area contributed by atoms with E-state index in [-0.39, 0.29) is 5.41 Å². The molecule has 0 radical (unpaired) electrons. The van der Waals surface area contributed by atoms with E-state index in [1.807, 2.05) is 0 Å². The highest BCUT2D eigenvalue weighted by Gasteiger charge is 2.56. The number of hydrogen-bond donors (Lipinski definition) is 0. The van der Waals surface area contributed by atoms with Gasteiger partial charge in [-0.05, 0) is 63.2 Å². The monoisotopic (exact) mass is 440 g/mol. The van der Waals surface area contributed by atoms with Crippen molar-refractivity contribution in [3.8, 4) is 0 Å². The van der Waals surface area contributed by atoms with E-state index < -0.39 is 34.2 Å². The van der Waals surface area contributed by atoms with Crippen LogP contribution in [-0.4, -0.2) is 29.2 Å². The SMILES string of the molecule is Cc1sc(N(C(=O)C(F)(F)F)C(=O)C(F)(F)F)nc1C12CC3CC(CC(C3)C1)C2. The van der Waals surface area contributed by atoms with E-state index in [0.29, 0.717) is 39.7 Å². The summed E-state index contributed by atoms with van der Waals surface area (Å²) in [5, 5.41) is -0.863. The lowest BCUT2D eigenvalue weighted by atomic mass is 9.48. The Balaban J connectivity index is 1.75. The number of anilines is 1. The summed E-state index contributed by atoms with van der Waals surface area (Å²) in [4.78, 5) is 27.0. The molecule has 11 heteroatoms. The Bertz CT molecular complexity index is 798. The Hall–Kier alpha value is -1.65. The minimum Gasteiger partial charge on any atom is -0.263 e. The van der Waals surface area contributed by atoms with Crippen LogP contribution in [0.25, 0.3) is 0 Å². The molecular weight excluding hydrogens is 422 g/mol. The van der Waals surface area contributed by atoms with E-state index in [1.54, 1.807) is 6.92 Å². The summed E-state index contributed by atoms with van der Waals surface area (Å²) < 4.78 is 77.5. The van der Waals surface area contributed by atoms with Crippen molar-refractivity contribution < 1.29 is 35.9 Å². The first-order valence-corrected chi connectivity index (χ1v) is 10.1. The number of alkyl halides is 6. The van der Waals surface area contributed by atoms with Crippen molar-refractivity contribution in [2.45, 2.75) is 63.2 Å². The average Bonchev–Trinajstić information content (AvgIpc) is 2.94. The molecule has 0 unspecified atom stereocenters. The fraction of sp³-hybridized carbons (Fsp3) is 0.722. The Morgan fingerprint density at radius 3 is 1.72 bits per heavy atom. The van der Waals surface area contributed by atoms with Crippen molar-refractivity contribution in [2.75, 3.05) is 4.90 Å². The van der Waals surface area contributed by atoms with Gasteiger partial charge in [-0.1, -0.05) is 0 Å². The number of thiazole rings is 1. The van der Waals surface area contributed by atoms with Gasteiger partial charge in [-0.2, -0.15) is 26.3 Å². The number of halogens is 6. The van der Waals surface area contributed by atoms with Crippen molar-refractivity contribution >= 4 is 28.3 Å². The van der Waals surface area contributed by atoms with Crippen molar-refractivity contribution in [2.24, 2.45) is 17.8 Å². The molecule has 4 bridgehead atoms. The molecule has 0 atom stereocenters. The summed E-state index contributed by atoms with van der Waals surface area (Å²) in [6.07, 6.45) is -5.60. The number of rotatable bonds is 2. The molecule has 0 saturated heterocycles. The molecule has 0 spiro atoms.